The van der Waals surface area contributed by atoms with E-state index in [2.05, 4.69) is 6.92 Å². The van der Waals surface area contributed by atoms with Crippen molar-refractivity contribution in [3.63, 3.8) is 0 Å². The quantitative estimate of drug-likeness (QED) is 0.496. The highest BCUT2D eigenvalue weighted by Gasteiger charge is 2.31. The van der Waals surface area contributed by atoms with Crippen LogP contribution in [0.2, 0.25) is 23.2 Å². The first-order chi connectivity index (χ1) is 12.2. The lowest BCUT2D eigenvalue weighted by molar-refractivity contribution is 0.145. The molecule has 0 N–H and O–H groups in total. The molecule has 1 saturated carbocycles. The molecule has 1 aromatic rings. The van der Waals surface area contributed by atoms with Crippen molar-refractivity contribution in [2.45, 2.75) is 70.0 Å². The van der Waals surface area contributed by atoms with E-state index in [0.29, 0.717) is 23.3 Å². The summed E-state index contributed by atoms with van der Waals surface area (Å²) >= 11 is 5.79. The maximum Gasteiger partial charge on any atom is 0.166 e. The van der Waals surface area contributed by atoms with E-state index in [9.17, 15) is 4.39 Å². The first kappa shape index (κ1) is 19.2. The van der Waals surface area contributed by atoms with Gasteiger partial charge in [-0.25, -0.2) is 4.39 Å². The number of hydrogen-bond acceptors (Lipinski definition) is 1. The van der Waals surface area contributed by atoms with Crippen molar-refractivity contribution in [1.82, 2.24) is 0 Å². The average molecular weight is 383 g/mol. The van der Waals surface area contributed by atoms with E-state index in [1.54, 1.807) is 30.3 Å². The third-order valence-corrected chi connectivity index (χ3v) is 10.4. The van der Waals surface area contributed by atoms with E-state index in [1.165, 1.54) is 51.0 Å². The summed E-state index contributed by atoms with van der Waals surface area (Å²) < 4.78 is 19.5. The Bertz CT molecular complexity index is 537. The van der Waals surface area contributed by atoms with Crippen LogP contribution in [0.3, 0.4) is 0 Å². The molecular weight excluding hydrogens is 351 g/mol. The Hall–Kier alpha value is -0.543. The predicted octanol–water partition coefficient (Wildman–Crippen LogP) is 6.71. The fourth-order valence-electron chi connectivity index (χ4n) is 4.98. The molecule has 0 amide bonds. The molecule has 140 valence electrons. The van der Waals surface area contributed by atoms with E-state index in [4.69, 9.17) is 16.3 Å². The lowest BCUT2D eigenvalue weighted by Crippen LogP contribution is -2.29. The molecule has 0 unspecified atom stereocenters. The summed E-state index contributed by atoms with van der Waals surface area (Å²) in [6.07, 6.45) is 9.61. The van der Waals surface area contributed by atoms with Crippen LogP contribution in [0.25, 0.3) is 0 Å². The molecule has 4 heteroatoms. The van der Waals surface area contributed by atoms with Gasteiger partial charge < -0.3 is 4.74 Å². The van der Waals surface area contributed by atoms with Crippen LogP contribution in [-0.4, -0.2) is 15.4 Å². The molecule has 1 aliphatic carbocycles. The first-order valence-corrected chi connectivity index (χ1v) is 13.1. The Morgan fingerprint density at radius 1 is 1.08 bits per heavy atom. The topological polar surface area (TPSA) is 9.23 Å². The van der Waals surface area contributed by atoms with Gasteiger partial charge in [-0.3, -0.25) is 0 Å². The third-order valence-electron chi connectivity index (χ3n) is 6.51. The number of halogens is 2. The highest BCUT2D eigenvalue weighted by molar-refractivity contribution is 6.58. The summed E-state index contributed by atoms with van der Waals surface area (Å²) in [5, 5.41) is 0.419. The number of ether oxygens (including phenoxy) is 1. The molecule has 2 fully saturated rings. The smallest absolute Gasteiger partial charge is 0.166 e. The molecule has 1 aromatic carbocycles. The van der Waals surface area contributed by atoms with Crippen LogP contribution in [0.5, 0.6) is 5.75 Å². The second-order valence-corrected chi connectivity index (χ2v) is 12.1. The van der Waals surface area contributed by atoms with Gasteiger partial charge in [0.15, 0.2) is 11.6 Å². The Morgan fingerprint density at radius 2 is 1.76 bits per heavy atom. The van der Waals surface area contributed by atoms with Gasteiger partial charge in [-0.1, -0.05) is 55.9 Å². The fourth-order valence-corrected chi connectivity index (χ4v) is 8.62. The van der Waals surface area contributed by atoms with Crippen LogP contribution in [0.4, 0.5) is 4.39 Å². The predicted molar refractivity (Wildman–Crippen MR) is 107 cm³/mol. The van der Waals surface area contributed by atoms with Crippen molar-refractivity contribution in [3.8, 4) is 5.75 Å². The highest BCUT2D eigenvalue weighted by atomic mass is 35.5. The molecule has 0 spiro atoms. The van der Waals surface area contributed by atoms with Gasteiger partial charge in [0, 0.05) is 13.8 Å². The van der Waals surface area contributed by atoms with Crippen molar-refractivity contribution < 1.29 is 9.13 Å². The normalized spacial score (nSPS) is 30.2. The monoisotopic (exact) mass is 382 g/mol. The Labute approximate surface area is 158 Å². The Kier molecular flexibility index (Phi) is 7.24. The summed E-state index contributed by atoms with van der Waals surface area (Å²) in [7, 11) is -0.351. The van der Waals surface area contributed by atoms with Gasteiger partial charge in [0.05, 0.1) is 6.61 Å². The molecule has 1 nitrogen and oxygen atoms in total. The highest BCUT2D eigenvalue weighted by Crippen LogP contribution is 2.41. The fraction of sp³-hybridized carbons (Fsp3) is 0.714. The van der Waals surface area contributed by atoms with Crippen molar-refractivity contribution in [1.29, 1.82) is 0 Å². The number of hydrogen-bond donors (Lipinski definition) is 0. The largest absolute Gasteiger partial charge is 0.490 e. The molecule has 0 radical (unpaired) electrons. The van der Waals surface area contributed by atoms with E-state index in [1.807, 2.05) is 0 Å². The van der Waals surface area contributed by atoms with Crippen LogP contribution in [0.1, 0.15) is 51.9 Å². The second kappa shape index (κ2) is 9.41. The van der Waals surface area contributed by atoms with Crippen LogP contribution in [0, 0.1) is 23.6 Å². The Morgan fingerprint density at radius 3 is 2.40 bits per heavy atom. The summed E-state index contributed by atoms with van der Waals surface area (Å²) in [5.41, 5.74) is 0. The maximum absolute atomic E-state index is 13.8. The second-order valence-electron chi connectivity index (χ2n) is 8.24. The van der Waals surface area contributed by atoms with E-state index >= 15 is 0 Å². The van der Waals surface area contributed by atoms with E-state index in [-0.39, 0.29) is 14.6 Å². The van der Waals surface area contributed by atoms with Crippen molar-refractivity contribution in [2.24, 2.45) is 17.8 Å². The molecule has 2 aliphatic rings. The lowest BCUT2D eigenvalue weighted by atomic mass is 9.74. The van der Waals surface area contributed by atoms with Gasteiger partial charge in [0.2, 0.25) is 0 Å². The zero-order valence-corrected chi connectivity index (χ0v) is 17.4. The van der Waals surface area contributed by atoms with Crippen molar-refractivity contribution in [2.75, 3.05) is 6.61 Å². The molecule has 1 heterocycles. The zero-order chi connectivity index (χ0) is 17.6. The Balaban J connectivity index is 1.39. The van der Waals surface area contributed by atoms with E-state index < -0.39 is 0 Å². The van der Waals surface area contributed by atoms with Crippen LogP contribution < -0.4 is 4.74 Å². The van der Waals surface area contributed by atoms with Crippen molar-refractivity contribution in [3.05, 3.63) is 29.0 Å². The molecule has 1 saturated heterocycles. The van der Waals surface area contributed by atoms with Gasteiger partial charge in [-0.15, -0.1) is 0 Å². The summed E-state index contributed by atoms with van der Waals surface area (Å²) in [4.78, 5) is 0. The molecule has 0 atom stereocenters. The summed E-state index contributed by atoms with van der Waals surface area (Å²) in [6.45, 7) is 2.99. The average Bonchev–Trinajstić information content (AvgIpc) is 2.62. The standard InChI is InChI=1S/C21H32ClFOSi/c1-2-11-25-12-9-18(10-13-25)17-5-3-16(4-6-17)15-24-21-8-7-19(22)14-20(21)23/h7-8,14,16-18,25H,2-6,9-13,15H2,1H3. The minimum absolute atomic E-state index is 0.339. The lowest BCUT2D eigenvalue weighted by Gasteiger charge is -2.37. The van der Waals surface area contributed by atoms with Crippen LogP contribution in [-0.2, 0) is 0 Å². The molecule has 0 bridgehead atoms. The molecular formula is C21H32ClFOSi. The van der Waals surface area contributed by atoms with Crippen molar-refractivity contribution >= 4 is 20.4 Å². The van der Waals surface area contributed by atoms with Gasteiger partial charge in [0.25, 0.3) is 0 Å². The number of benzene rings is 1. The van der Waals surface area contributed by atoms with Crippen LogP contribution >= 0.6 is 11.6 Å². The first-order valence-electron chi connectivity index (χ1n) is 10.2. The van der Waals surface area contributed by atoms with Gasteiger partial charge >= 0.3 is 0 Å². The minimum atomic E-state index is -0.353. The van der Waals surface area contributed by atoms with Gasteiger partial charge in [-0.05, 0) is 61.6 Å². The summed E-state index contributed by atoms with van der Waals surface area (Å²) in [5.74, 6) is 2.51. The summed E-state index contributed by atoms with van der Waals surface area (Å²) in [6, 6.07) is 9.41. The number of rotatable bonds is 6. The van der Waals surface area contributed by atoms with Crippen LogP contribution in [0.15, 0.2) is 18.2 Å². The third kappa shape index (κ3) is 5.46. The van der Waals surface area contributed by atoms with E-state index in [0.717, 1.165) is 11.8 Å². The minimum Gasteiger partial charge on any atom is -0.490 e. The van der Waals surface area contributed by atoms with Gasteiger partial charge in [0.1, 0.15) is 0 Å². The maximum atomic E-state index is 13.8. The SMILES string of the molecule is CCC[SiH]1CCC(C2CCC(COc3ccc(Cl)cc3F)CC2)CC1. The molecule has 25 heavy (non-hydrogen) atoms. The zero-order valence-electron chi connectivity index (χ0n) is 15.5. The molecule has 1 aliphatic heterocycles. The van der Waals surface area contributed by atoms with Gasteiger partial charge in [-0.2, -0.15) is 0 Å². The molecule has 0 aromatic heterocycles. The molecule has 3 rings (SSSR count).